The molecular formula is C16H24N2. The lowest BCUT2D eigenvalue weighted by molar-refractivity contribution is 0.407. The molecule has 1 aromatic rings. The first-order valence-electron chi connectivity index (χ1n) is 7.91. The minimum Gasteiger partial charge on any atom is -0.345 e. The van der Waals surface area contributed by atoms with Gasteiger partial charge in [-0.25, -0.2) is 4.98 Å². The first-order valence-corrected chi connectivity index (χ1v) is 7.91. The molecule has 98 valence electrons. The van der Waals surface area contributed by atoms with E-state index in [-0.39, 0.29) is 0 Å². The van der Waals surface area contributed by atoms with Gasteiger partial charge in [-0.15, -0.1) is 0 Å². The third kappa shape index (κ3) is 1.64. The topological polar surface area (TPSA) is 28.7 Å². The standard InChI is InChI=1S/C16H24N2/c1-2-10-4-6-14-15(9-10)18-16(17-14)13-8-11-3-5-12(13)7-11/h10-13H,2-9H2,1H3,(H,17,18). The number of aryl methyl sites for hydroxylation is 1. The van der Waals surface area contributed by atoms with Crippen molar-refractivity contribution in [2.45, 2.75) is 64.2 Å². The second-order valence-electron chi connectivity index (χ2n) is 6.85. The van der Waals surface area contributed by atoms with Crippen molar-refractivity contribution in [3.8, 4) is 0 Å². The molecule has 0 aromatic carbocycles. The van der Waals surface area contributed by atoms with Crippen molar-refractivity contribution in [3.63, 3.8) is 0 Å². The maximum Gasteiger partial charge on any atom is 0.109 e. The lowest BCUT2D eigenvalue weighted by Gasteiger charge is -2.19. The zero-order valence-electron chi connectivity index (χ0n) is 11.4. The summed E-state index contributed by atoms with van der Waals surface area (Å²) in [6.07, 6.45) is 11.0. The Morgan fingerprint density at radius 1 is 1.22 bits per heavy atom. The quantitative estimate of drug-likeness (QED) is 0.841. The molecule has 2 saturated carbocycles. The number of nitrogens with one attached hydrogen (secondary N) is 1. The predicted molar refractivity (Wildman–Crippen MR) is 72.6 cm³/mol. The third-order valence-electron chi connectivity index (χ3n) is 5.83. The van der Waals surface area contributed by atoms with Crippen LogP contribution in [0.1, 0.15) is 68.6 Å². The molecule has 2 fully saturated rings. The van der Waals surface area contributed by atoms with Crippen molar-refractivity contribution >= 4 is 0 Å². The Hall–Kier alpha value is -0.790. The fraction of sp³-hybridized carbons (Fsp3) is 0.812. The number of nitrogens with zero attached hydrogens (tertiary/aromatic N) is 1. The first kappa shape index (κ1) is 11.1. The maximum atomic E-state index is 4.96. The zero-order valence-corrected chi connectivity index (χ0v) is 11.4. The second-order valence-corrected chi connectivity index (χ2v) is 6.85. The van der Waals surface area contributed by atoms with Crippen LogP contribution in [0.3, 0.4) is 0 Å². The molecular weight excluding hydrogens is 220 g/mol. The van der Waals surface area contributed by atoms with E-state index in [4.69, 9.17) is 4.98 Å². The molecule has 3 aliphatic rings. The van der Waals surface area contributed by atoms with Gasteiger partial charge in [-0.05, 0) is 56.3 Å². The van der Waals surface area contributed by atoms with Crippen LogP contribution in [0.15, 0.2) is 0 Å². The van der Waals surface area contributed by atoms with Crippen LogP contribution in [0.5, 0.6) is 0 Å². The SMILES string of the molecule is CCC1CCc2nc(C3CC4CCC3C4)[nH]c2C1. The molecule has 0 amide bonds. The summed E-state index contributed by atoms with van der Waals surface area (Å²) in [4.78, 5) is 8.68. The number of hydrogen-bond acceptors (Lipinski definition) is 1. The van der Waals surface area contributed by atoms with Crippen LogP contribution < -0.4 is 0 Å². The van der Waals surface area contributed by atoms with E-state index in [0.717, 1.165) is 23.7 Å². The minimum absolute atomic E-state index is 0.773. The highest BCUT2D eigenvalue weighted by atomic mass is 15.0. The summed E-state index contributed by atoms with van der Waals surface area (Å²) < 4.78 is 0. The lowest BCUT2D eigenvalue weighted by atomic mass is 9.88. The molecule has 4 atom stereocenters. The average Bonchev–Trinajstić information content (AvgIpc) is 3.11. The molecule has 1 N–H and O–H groups in total. The predicted octanol–water partition coefficient (Wildman–Crippen LogP) is 3.83. The second kappa shape index (κ2) is 4.11. The monoisotopic (exact) mass is 244 g/mol. The largest absolute Gasteiger partial charge is 0.345 e. The van der Waals surface area contributed by atoms with Crippen molar-refractivity contribution in [1.29, 1.82) is 0 Å². The van der Waals surface area contributed by atoms with E-state index in [1.807, 2.05) is 0 Å². The fourth-order valence-corrected chi connectivity index (χ4v) is 4.68. The highest BCUT2D eigenvalue weighted by molar-refractivity contribution is 5.22. The van der Waals surface area contributed by atoms with Crippen molar-refractivity contribution < 1.29 is 0 Å². The van der Waals surface area contributed by atoms with Crippen molar-refractivity contribution in [2.24, 2.45) is 17.8 Å². The average molecular weight is 244 g/mol. The van der Waals surface area contributed by atoms with Crippen LogP contribution in [0.25, 0.3) is 0 Å². The molecule has 1 aromatic heterocycles. The fourth-order valence-electron chi connectivity index (χ4n) is 4.68. The molecule has 2 bridgehead atoms. The summed E-state index contributed by atoms with van der Waals surface area (Å²) in [5.41, 5.74) is 2.88. The van der Waals surface area contributed by atoms with E-state index in [0.29, 0.717) is 0 Å². The Labute approximate surface area is 110 Å². The molecule has 0 saturated heterocycles. The molecule has 3 aliphatic carbocycles. The van der Waals surface area contributed by atoms with Gasteiger partial charge in [-0.1, -0.05) is 19.8 Å². The highest BCUT2D eigenvalue weighted by Crippen LogP contribution is 2.52. The number of fused-ring (bicyclic) bond motifs is 3. The van der Waals surface area contributed by atoms with E-state index >= 15 is 0 Å². The number of rotatable bonds is 2. The van der Waals surface area contributed by atoms with Gasteiger partial charge in [0.1, 0.15) is 5.82 Å². The van der Waals surface area contributed by atoms with Crippen LogP contribution in [0, 0.1) is 17.8 Å². The Morgan fingerprint density at radius 3 is 2.89 bits per heavy atom. The van der Waals surface area contributed by atoms with Gasteiger partial charge >= 0.3 is 0 Å². The normalized spacial score (nSPS) is 38.1. The van der Waals surface area contributed by atoms with Gasteiger partial charge in [0.05, 0.1) is 5.69 Å². The highest BCUT2D eigenvalue weighted by Gasteiger charge is 2.41. The van der Waals surface area contributed by atoms with Gasteiger partial charge in [-0.2, -0.15) is 0 Å². The molecule has 2 nitrogen and oxygen atoms in total. The van der Waals surface area contributed by atoms with Crippen LogP contribution in [0.4, 0.5) is 0 Å². The number of aromatic amines is 1. The van der Waals surface area contributed by atoms with E-state index in [9.17, 15) is 0 Å². The van der Waals surface area contributed by atoms with E-state index < -0.39 is 0 Å². The molecule has 0 radical (unpaired) electrons. The zero-order chi connectivity index (χ0) is 12.1. The van der Waals surface area contributed by atoms with Crippen LogP contribution in [-0.4, -0.2) is 9.97 Å². The van der Waals surface area contributed by atoms with Crippen molar-refractivity contribution in [2.75, 3.05) is 0 Å². The maximum absolute atomic E-state index is 4.96. The van der Waals surface area contributed by atoms with Gasteiger partial charge in [0, 0.05) is 11.6 Å². The summed E-state index contributed by atoms with van der Waals surface area (Å²) in [5, 5.41) is 0. The molecule has 1 heterocycles. The Bertz CT molecular complexity index is 448. The van der Waals surface area contributed by atoms with Gasteiger partial charge in [0.2, 0.25) is 0 Å². The molecule has 4 rings (SSSR count). The van der Waals surface area contributed by atoms with Crippen molar-refractivity contribution in [1.82, 2.24) is 9.97 Å². The molecule has 0 aliphatic heterocycles. The summed E-state index contributed by atoms with van der Waals surface area (Å²) in [5.74, 6) is 4.99. The van der Waals surface area contributed by atoms with E-state index in [1.165, 1.54) is 68.6 Å². The first-order chi connectivity index (χ1) is 8.83. The Balaban J connectivity index is 1.58. The number of H-pyrrole nitrogens is 1. The third-order valence-corrected chi connectivity index (χ3v) is 5.83. The molecule has 2 heteroatoms. The molecule has 0 spiro atoms. The van der Waals surface area contributed by atoms with Crippen molar-refractivity contribution in [3.05, 3.63) is 17.2 Å². The Kier molecular flexibility index (Phi) is 2.53. The number of imidazole rings is 1. The summed E-state index contributed by atoms with van der Waals surface area (Å²) in [6.45, 7) is 2.32. The summed E-state index contributed by atoms with van der Waals surface area (Å²) in [6, 6.07) is 0. The van der Waals surface area contributed by atoms with E-state index in [2.05, 4.69) is 11.9 Å². The number of hydrogen-bond donors (Lipinski definition) is 1. The smallest absolute Gasteiger partial charge is 0.109 e. The summed E-state index contributed by atoms with van der Waals surface area (Å²) >= 11 is 0. The van der Waals surface area contributed by atoms with Gasteiger partial charge in [0.15, 0.2) is 0 Å². The Morgan fingerprint density at radius 2 is 2.17 bits per heavy atom. The molecule has 18 heavy (non-hydrogen) atoms. The van der Waals surface area contributed by atoms with Crippen LogP contribution in [0.2, 0.25) is 0 Å². The van der Waals surface area contributed by atoms with Gasteiger partial charge < -0.3 is 4.98 Å². The minimum atomic E-state index is 0.773. The number of aromatic nitrogens is 2. The van der Waals surface area contributed by atoms with E-state index in [1.54, 1.807) is 0 Å². The lowest BCUT2D eigenvalue weighted by Crippen LogP contribution is -2.13. The van der Waals surface area contributed by atoms with Crippen LogP contribution in [-0.2, 0) is 12.8 Å². The van der Waals surface area contributed by atoms with Gasteiger partial charge in [0.25, 0.3) is 0 Å². The summed E-state index contributed by atoms with van der Waals surface area (Å²) in [7, 11) is 0. The van der Waals surface area contributed by atoms with Gasteiger partial charge in [-0.3, -0.25) is 0 Å². The van der Waals surface area contributed by atoms with Crippen LogP contribution >= 0.6 is 0 Å². The molecule has 4 unspecified atom stereocenters.